The van der Waals surface area contributed by atoms with E-state index in [1.807, 2.05) is 0 Å². The van der Waals surface area contributed by atoms with Crippen LogP contribution in [0.4, 0.5) is 0 Å². The summed E-state index contributed by atoms with van der Waals surface area (Å²) in [5, 5.41) is 3.45. The highest BCUT2D eigenvalue weighted by Crippen LogP contribution is 2.30. The lowest BCUT2D eigenvalue weighted by Gasteiger charge is -2.35. The van der Waals surface area contributed by atoms with Crippen molar-refractivity contribution < 1.29 is 4.74 Å². The van der Waals surface area contributed by atoms with Gasteiger partial charge in [-0.3, -0.25) is 4.90 Å². The average molecular weight is 310 g/mol. The van der Waals surface area contributed by atoms with E-state index in [1.165, 1.54) is 16.7 Å². The van der Waals surface area contributed by atoms with Crippen LogP contribution in [0.1, 0.15) is 29.7 Å². The molecule has 2 aromatic carbocycles. The van der Waals surface area contributed by atoms with Crippen LogP contribution in [-0.4, -0.2) is 38.2 Å². The van der Waals surface area contributed by atoms with Gasteiger partial charge in [-0.25, -0.2) is 0 Å². The highest BCUT2D eigenvalue weighted by Gasteiger charge is 2.23. The standard InChI is InChI=1S/C20H26N2O/c1-3-16-4-6-17(7-5-16)20(22-14-12-21-13-15-22)18-8-10-19(23-2)11-9-18/h4-11,20-21H,3,12-15H2,1-2H3. The van der Waals surface area contributed by atoms with Gasteiger partial charge < -0.3 is 10.1 Å². The van der Waals surface area contributed by atoms with Gasteiger partial charge in [-0.15, -0.1) is 0 Å². The van der Waals surface area contributed by atoms with Gasteiger partial charge >= 0.3 is 0 Å². The number of piperazine rings is 1. The van der Waals surface area contributed by atoms with Gasteiger partial charge in [-0.05, 0) is 35.2 Å². The maximum atomic E-state index is 5.31. The molecule has 122 valence electrons. The highest BCUT2D eigenvalue weighted by atomic mass is 16.5. The lowest BCUT2D eigenvalue weighted by Crippen LogP contribution is -2.45. The second-order valence-electron chi connectivity index (χ2n) is 6.06. The van der Waals surface area contributed by atoms with Crippen molar-refractivity contribution >= 4 is 0 Å². The minimum absolute atomic E-state index is 0.314. The second-order valence-corrected chi connectivity index (χ2v) is 6.06. The van der Waals surface area contributed by atoms with E-state index >= 15 is 0 Å². The predicted octanol–water partition coefficient (Wildman–Crippen LogP) is 3.25. The normalized spacial score (nSPS) is 17.0. The number of hydrogen-bond acceptors (Lipinski definition) is 3. The van der Waals surface area contributed by atoms with Crippen LogP contribution in [0.15, 0.2) is 48.5 Å². The molecule has 23 heavy (non-hydrogen) atoms. The smallest absolute Gasteiger partial charge is 0.118 e. The third-order valence-corrected chi connectivity index (χ3v) is 4.65. The Hall–Kier alpha value is -1.84. The molecular formula is C20H26N2O. The molecule has 1 atom stereocenters. The van der Waals surface area contributed by atoms with Crippen LogP contribution in [0.25, 0.3) is 0 Å². The quantitative estimate of drug-likeness (QED) is 0.917. The van der Waals surface area contributed by atoms with Crippen LogP contribution in [0, 0.1) is 0 Å². The minimum Gasteiger partial charge on any atom is -0.497 e. The number of rotatable bonds is 5. The third-order valence-electron chi connectivity index (χ3n) is 4.65. The van der Waals surface area contributed by atoms with Gasteiger partial charge in [0.05, 0.1) is 13.2 Å². The predicted molar refractivity (Wildman–Crippen MR) is 95.1 cm³/mol. The maximum absolute atomic E-state index is 5.31. The van der Waals surface area contributed by atoms with E-state index in [-0.39, 0.29) is 0 Å². The topological polar surface area (TPSA) is 24.5 Å². The summed E-state index contributed by atoms with van der Waals surface area (Å²) in [6.07, 6.45) is 1.08. The Morgan fingerprint density at radius 2 is 1.52 bits per heavy atom. The lowest BCUT2D eigenvalue weighted by molar-refractivity contribution is 0.198. The van der Waals surface area contributed by atoms with E-state index in [9.17, 15) is 0 Å². The van der Waals surface area contributed by atoms with Gasteiger partial charge in [0.2, 0.25) is 0 Å². The van der Waals surface area contributed by atoms with Crippen LogP contribution in [-0.2, 0) is 6.42 Å². The molecule has 1 saturated heterocycles. The van der Waals surface area contributed by atoms with Crippen LogP contribution < -0.4 is 10.1 Å². The van der Waals surface area contributed by atoms with Crippen LogP contribution >= 0.6 is 0 Å². The van der Waals surface area contributed by atoms with Gasteiger partial charge in [0.1, 0.15) is 5.75 Å². The summed E-state index contributed by atoms with van der Waals surface area (Å²) in [6, 6.07) is 17.9. The molecule has 2 aromatic rings. The minimum atomic E-state index is 0.314. The maximum Gasteiger partial charge on any atom is 0.118 e. The van der Waals surface area contributed by atoms with Gasteiger partial charge in [0.15, 0.2) is 0 Å². The van der Waals surface area contributed by atoms with E-state index in [4.69, 9.17) is 4.74 Å². The zero-order valence-electron chi connectivity index (χ0n) is 14.1. The molecule has 3 rings (SSSR count). The van der Waals surface area contributed by atoms with Gasteiger partial charge in [-0.1, -0.05) is 43.3 Å². The van der Waals surface area contributed by atoms with Crippen LogP contribution in [0.2, 0.25) is 0 Å². The van der Waals surface area contributed by atoms with Crippen LogP contribution in [0.5, 0.6) is 5.75 Å². The van der Waals surface area contributed by atoms with Gasteiger partial charge in [0, 0.05) is 26.2 Å². The molecule has 1 unspecified atom stereocenters. The Balaban J connectivity index is 1.93. The van der Waals surface area contributed by atoms with Crippen molar-refractivity contribution in [3.63, 3.8) is 0 Å². The largest absolute Gasteiger partial charge is 0.497 e. The molecule has 0 radical (unpaired) electrons. The van der Waals surface area contributed by atoms with E-state index in [2.05, 4.69) is 65.7 Å². The first-order valence-corrected chi connectivity index (χ1v) is 8.49. The lowest BCUT2D eigenvalue weighted by atomic mass is 9.95. The number of hydrogen-bond donors (Lipinski definition) is 1. The Morgan fingerprint density at radius 3 is 2.04 bits per heavy atom. The number of benzene rings is 2. The van der Waals surface area contributed by atoms with Gasteiger partial charge in [-0.2, -0.15) is 0 Å². The van der Waals surface area contributed by atoms with Crippen molar-refractivity contribution in [3.05, 3.63) is 65.2 Å². The fraction of sp³-hybridized carbons (Fsp3) is 0.400. The molecule has 1 heterocycles. The number of aryl methyl sites for hydroxylation is 1. The third kappa shape index (κ3) is 3.74. The van der Waals surface area contributed by atoms with Gasteiger partial charge in [0.25, 0.3) is 0 Å². The summed E-state index contributed by atoms with van der Waals surface area (Å²) in [7, 11) is 1.71. The summed E-state index contributed by atoms with van der Waals surface area (Å²) >= 11 is 0. The number of nitrogens with zero attached hydrogens (tertiary/aromatic N) is 1. The highest BCUT2D eigenvalue weighted by molar-refractivity contribution is 5.37. The molecule has 1 aliphatic rings. The van der Waals surface area contributed by atoms with Crippen molar-refractivity contribution in [3.8, 4) is 5.75 Å². The summed E-state index contributed by atoms with van der Waals surface area (Å²) < 4.78 is 5.31. The van der Waals surface area contributed by atoms with E-state index in [1.54, 1.807) is 7.11 Å². The molecule has 0 saturated carbocycles. The molecule has 0 amide bonds. The molecule has 0 spiro atoms. The Morgan fingerprint density at radius 1 is 0.957 bits per heavy atom. The second kappa shape index (κ2) is 7.62. The molecular weight excluding hydrogens is 284 g/mol. The SMILES string of the molecule is CCc1ccc(C(c2ccc(OC)cc2)N2CCNCC2)cc1. The first-order valence-electron chi connectivity index (χ1n) is 8.49. The zero-order valence-corrected chi connectivity index (χ0v) is 14.1. The number of ether oxygens (including phenoxy) is 1. The molecule has 1 aliphatic heterocycles. The molecule has 0 bridgehead atoms. The molecule has 1 fully saturated rings. The number of nitrogens with one attached hydrogen (secondary N) is 1. The van der Waals surface area contributed by atoms with Crippen molar-refractivity contribution in [1.82, 2.24) is 10.2 Å². The summed E-state index contributed by atoms with van der Waals surface area (Å²) in [4.78, 5) is 2.57. The van der Waals surface area contributed by atoms with Crippen molar-refractivity contribution in [2.24, 2.45) is 0 Å². The van der Waals surface area contributed by atoms with Crippen molar-refractivity contribution in [2.45, 2.75) is 19.4 Å². The Kier molecular flexibility index (Phi) is 5.31. The van der Waals surface area contributed by atoms with E-state index in [0.29, 0.717) is 6.04 Å². The van der Waals surface area contributed by atoms with Crippen molar-refractivity contribution in [1.29, 1.82) is 0 Å². The summed E-state index contributed by atoms with van der Waals surface area (Å²) in [6.45, 7) is 6.46. The molecule has 0 aliphatic carbocycles. The first-order chi connectivity index (χ1) is 11.3. The Labute approximate surface area is 139 Å². The van der Waals surface area contributed by atoms with Crippen molar-refractivity contribution in [2.75, 3.05) is 33.3 Å². The number of methoxy groups -OCH3 is 1. The van der Waals surface area contributed by atoms with E-state index < -0.39 is 0 Å². The molecule has 1 N–H and O–H groups in total. The molecule has 0 aromatic heterocycles. The van der Waals surface area contributed by atoms with E-state index in [0.717, 1.165) is 38.3 Å². The fourth-order valence-corrected chi connectivity index (χ4v) is 3.28. The van der Waals surface area contributed by atoms with Crippen LogP contribution in [0.3, 0.4) is 0 Å². The molecule has 3 heteroatoms. The molecule has 3 nitrogen and oxygen atoms in total. The monoisotopic (exact) mass is 310 g/mol. The fourth-order valence-electron chi connectivity index (χ4n) is 3.28. The summed E-state index contributed by atoms with van der Waals surface area (Å²) in [5.74, 6) is 0.911. The summed E-state index contributed by atoms with van der Waals surface area (Å²) in [5.41, 5.74) is 4.09. The Bertz CT molecular complexity index is 553. The average Bonchev–Trinajstić information content (AvgIpc) is 2.64. The zero-order chi connectivity index (χ0) is 16.1. The first kappa shape index (κ1) is 16.0.